The number of hydrogen-bond donors (Lipinski definition) is 2. The number of methoxy groups -OCH3 is 1. The minimum Gasteiger partial charge on any atom is -0.383 e. The second-order valence-corrected chi connectivity index (χ2v) is 7.33. The molecule has 3 aromatic rings. The fourth-order valence-corrected chi connectivity index (χ4v) is 3.79. The molecule has 1 aromatic carbocycles. The molecule has 0 radical (unpaired) electrons. The van der Waals surface area contributed by atoms with E-state index in [1.807, 2.05) is 41.2 Å². The van der Waals surface area contributed by atoms with Crippen molar-refractivity contribution in [3.05, 3.63) is 42.7 Å². The molecule has 4 rings (SSSR count). The van der Waals surface area contributed by atoms with Crippen LogP contribution in [-0.4, -0.2) is 52.0 Å². The first-order chi connectivity index (χ1) is 14.2. The van der Waals surface area contributed by atoms with E-state index in [0.717, 1.165) is 42.4 Å². The summed E-state index contributed by atoms with van der Waals surface area (Å²) in [7, 11) is 1.63. The van der Waals surface area contributed by atoms with Gasteiger partial charge in [-0.1, -0.05) is 18.2 Å². The third-order valence-corrected chi connectivity index (χ3v) is 5.37. The third kappa shape index (κ3) is 4.54. The molecular formula is C21H26N6O2. The second kappa shape index (κ2) is 9.00. The first-order valence-electron chi connectivity index (χ1n) is 10.0. The van der Waals surface area contributed by atoms with E-state index in [9.17, 15) is 4.79 Å². The molecule has 0 unspecified atom stereocenters. The van der Waals surface area contributed by atoms with Gasteiger partial charge in [0.1, 0.15) is 0 Å². The average molecular weight is 394 g/mol. The highest BCUT2D eigenvalue weighted by Crippen LogP contribution is 2.26. The predicted molar refractivity (Wildman–Crippen MR) is 111 cm³/mol. The molecule has 152 valence electrons. The van der Waals surface area contributed by atoms with Gasteiger partial charge in [0, 0.05) is 43.3 Å². The van der Waals surface area contributed by atoms with Gasteiger partial charge in [0.2, 0.25) is 11.9 Å². The van der Waals surface area contributed by atoms with Gasteiger partial charge in [0.05, 0.1) is 18.3 Å². The first-order valence-corrected chi connectivity index (χ1v) is 10.0. The highest BCUT2D eigenvalue weighted by molar-refractivity contribution is 5.80. The summed E-state index contributed by atoms with van der Waals surface area (Å²) in [5, 5.41) is 11.9. The van der Waals surface area contributed by atoms with Gasteiger partial charge in [-0.05, 0) is 31.7 Å². The Labute approximate surface area is 169 Å². The number of rotatable bonds is 7. The van der Waals surface area contributed by atoms with Crippen LogP contribution in [0.5, 0.6) is 0 Å². The van der Waals surface area contributed by atoms with Crippen molar-refractivity contribution in [3.63, 3.8) is 0 Å². The fourth-order valence-electron chi connectivity index (χ4n) is 3.79. The standard InChI is InChI=1S/C21H26N6O2/c1-29-13-12-22-20(28)15-6-8-17(9-7-15)25-21-23-11-10-19(26-21)27-18-5-3-2-4-16(18)14-24-27/h2-5,10-11,14-15,17H,6-9,12-13H2,1H3,(H,22,28)(H,23,25,26)/t15-,17-. The average Bonchev–Trinajstić information content (AvgIpc) is 3.19. The lowest BCUT2D eigenvalue weighted by Gasteiger charge is -2.28. The Morgan fingerprint density at radius 2 is 2.03 bits per heavy atom. The molecule has 0 atom stereocenters. The number of fused-ring (bicyclic) bond motifs is 1. The molecule has 2 heterocycles. The SMILES string of the molecule is COCCNC(=O)[C@H]1CC[C@H](Nc2nccc(-n3ncc4ccccc43)n2)CC1. The summed E-state index contributed by atoms with van der Waals surface area (Å²) in [5.41, 5.74) is 1.01. The monoisotopic (exact) mass is 394 g/mol. The van der Waals surface area contributed by atoms with Crippen molar-refractivity contribution in [2.75, 3.05) is 25.6 Å². The lowest BCUT2D eigenvalue weighted by Crippen LogP contribution is -2.37. The second-order valence-electron chi connectivity index (χ2n) is 7.33. The fraction of sp³-hybridized carbons (Fsp3) is 0.429. The van der Waals surface area contributed by atoms with Crippen molar-refractivity contribution in [2.45, 2.75) is 31.7 Å². The van der Waals surface area contributed by atoms with E-state index in [2.05, 4.69) is 25.7 Å². The number of anilines is 1. The van der Waals surface area contributed by atoms with Crippen molar-refractivity contribution in [1.82, 2.24) is 25.1 Å². The molecule has 2 N–H and O–H groups in total. The minimum absolute atomic E-state index is 0.0765. The molecule has 2 aromatic heterocycles. The van der Waals surface area contributed by atoms with Crippen LogP contribution in [0.2, 0.25) is 0 Å². The molecule has 1 saturated carbocycles. The maximum Gasteiger partial charge on any atom is 0.224 e. The summed E-state index contributed by atoms with van der Waals surface area (Å²) in [6, 6.07) is 10.2. The van der Waals surface area contributed by atoms with Crippen molar-refractivity contribution >= 4 is 22.8 Å². The van der Waals surface area contributed by atoms with E-state index in [0.29, 0.717) is 19.1 Å². The quantitative estimate of drug-likeness (QED) is 0.598. The van der Waals surface area contributed by atoms with Gasteiger partial charge < -0.3 is 15.4 Å². The van der Waals surface area contributed by atoms with Crippen molar-refractivity contribution in [2.24, 2.45) is 5.92 Å². The normalized spacial score (nSPS) is 19.2. The van der Waals surface area contributed by atoms with Crippen LogP contribution in [-0.2, 0) is 9.53 Å². The summed E-state index contributed by atoms with van der Waals surface area (Å²) in [6.45, 7) is 1.11. The molecule has 29 heavy (non-hydrogen) atoms. The molecule has 1 amide bonds. The summed E-state index contributed by atoms with van der Waals surface area (Å²) in [5.74, 6) is 1.53. The molecule has 8 heteroatoms. The molecule has 0 bridgehead atoms. The first kappa shape index (κ1) is 19.3. The number of nitrogens with zero attached hydrogens (tertiary/aromatic N) is 4. The smallest absolute Gasteiger partial charge is 0.224 e. The Balaban J connectivity index is 1.36. The Morgan fingerprint density at radius 1 is 1.21 bits per heavy atom. The Morgan fingerprint density at radius 3 is 2.86 bits per heavy atom. The van der Waals surface area contributed by atoms with Gasteiger partial charge in [0.15, 0.2) is 5.82 Å². The summed E-state index contributed by atoms with van der Waals surface area (Å²) >= 11 is 0. The van der Waals surface area contributed by atoms with Crippen molar-refractivity contribution in [3.8, 4) is 5.82 Å². The molecule has 0 aliphatic heterocycles. The van der Waals surface area contributed by atoms with E-state index < -0.39 is 0 Å². The molecular weight excluding hydrogens is 368 g/mol. The van der Waals surface area contributed by atoms with Crippen molar-refractivity contribution in [1.29, 1.82) is 0 Å². The van der Waals surface area contributed by atoms with Crippen LogP contribution in [0, 0.1) is 5.92 Å². The van der Waals surface area contributed by atoms with E-state index in [4.69, 9.17) is 4.74 Å². The van der Waals surface area contributed by atoms with E-state index in [-0.39, 0.29) is 17.9 Å². The predicted octanol–water partition coefficient (Wildman–Crippen LogP) is 2.55. The number of ether oxygens (including phenoxy) is 1. The van der Waals surface area contributed by atoms with Crippen LogP contribution < -0.4 is 10.6 Å². The maximum atomic E-state index is 12.2. The van der Waals surface area contributed by atoms with Crippen LogP contribution in [0.25, 0.3) is 16.7 Å². The lowest BCUT2D eigenvalue weighted by atomic mass is 9.85. The third-order valence-electron chi connectivity index (χ3n) is 5.37. The Hall–Kier alpha value is -3.00. The van der Waals surface area contributed by atoms with E-state index >= 15 is 0 Å². The van der Waals surface area contributed by atoms with Crippen LogP contribution in [0.15, 0.2) is 42.7 Å². The number of carbonyl (C=O) groups excluding carboxylic acids is 1. The number of hydrogen-bond acceptors (Lipinski definition) is 6. The Bertz CT molecular complexity index is 964. The van der Waals surface area contributed by atoms with Crippen LogP contribution in [0.3, 0.4) is 0 Å². The van der Waals surface area contributed by atoms with Gasteiger partial charge >= 0.3 is 0 Å². The topological polar surface area (TPSA) is 94.0 Å². The van der Waals surface area contributed by atoms with Gasteiger partial charge in [-0.3, -0.25) is 4.79 Å². The van der Waals surface area contributed by atoms with Crippen molar-refractivity contribution < 1.29 is 9.53 Å². The molecule has 8 nitrogen and oxygen atoms in total. The summed E-state index contributed by atoms with van der Waals surface area (Å²) in [4.78, 5) is 21.2. The van der Waals surface area contributed by atoms with E-state index in [1.165, 1.54) is 0 Å². The highest BCUT2D eigenvalue weighted by atomic mass is 16.5. The minimum atomic E-state index is 0.0765. The van der Waals surface area contributed by atoms with Gasteiger partial charge in [-0.25, -0.2) is 9.67 Å². The number of benzene rings is 1. The maximum absolute atomic E-state index is 12.2. The van der Waals surface area contributed by atoms with Gasteiger partial charge in [-0.2, -0.15) is 10.1 Å². The zero-order valence-electron chi connectivity index (χ0n) is 16.5. The summed E-state index contributed by atoms with van der Waals surface area (Å²) in [6.07, 6.45) is 7.14. The number of aromatic nitrogens is 4. The summed E-state index contributed by atoms with van der Waals surface area (Å²) < 4.78 is 6.80. The lowest BCUT2D eigenvalue weighted by molar-refractivity contribution is -0.126. The molecule has 1 fully saturated rings. The van der Waals surface area contributed by atoms with Gasteiger partial charge in [0.25, 0.3) is 0 Å². The molecule has 0 spiro atoms. The van der Waals surface area contributed by atoms with Crippen LogP contribution in [0.1, 0.15) is 25.7 Å². The van der Waals surface area contributed by atoms with E-state index in [1.54, 1.807) is 13.3 Å². The molecule has 0 saturated heterocycles. The zero-order valence-corrected chi connectivity index (χ0v) is 16.5. The highest BCUT2D eigenvalue weighted by Gasteiger charge is 2.26. The number of amides is 1. The van der Waals surface area contributed by atoms with Gasteiger partial charge in [-0.15, -0.1) is 0 Å². The zero-order chi connectivity index (χ0) is 20.1. The molecule has 1 aliphatic carbocycles. The largest absolute Gasteiger partial charge is 0.383 e. The Kier molecular flexibility index (Phi) is 6.00. The number of carbonyl (C=O) groups is 1. The van der Waals surface area contributed by atoms with Crippen LogP contribution >= 0.6 is 0 Å². The number of nitrogens with one attached hydrogen (secondary N) is 2. The molecule has 1 aliphatic rings. The van der Waals surface area contributed by atoms with Crippen LogP contribution in [0.4, 0.5) is 5.95 Å². The number of para-hydroxylation sites is 1.